The van der Waals surface area contributed by atoms with Crippen molar-refractivity contribution in [2.75, 3.05) is 20.1 Å². The fourth-order valence-electron chi connectivity index (χ4n) is 2.85. The molecule has 2 nitrogen and oxygen atoms in total. The molecule has 1 aliphatic carbocycles. The molecular weight excluding hydrogens is 162 g/mol. The van der Waals surface area contributed by atoms with E-state index in [4.69, 9.17) is 0 Å². The summed E-state index contributed by atoms with van der Waals surface area (Å²) in [6.45, 7) is 2.48. The van der Waals surface area contributed by atoms with E-state index >= 15 is 0 Å². The normalized spacial score (nSPS) is 40.2. The zero-order chi connectivity index (χ0) is 9.31. The lowest BCUT2D eigenvalue weighted by molar-refractivity contribution is -0.108. The summed E-state index contributed by atoms with van der Waals surface area (Å²) in [6, 6.07) is 0. The van der Waals surface area contributed by atoms with E-state index in [-0.39, 0.29) is 0 Å². The van der Waals surface area contributed by atoms with Crippen LogP contribution in [0.15, 0.2) is 0 Å². The maximum atomic E-state index is 10.4. The molecule has 0 N–H and O–H groups in total. The largest absolute Gasteiger partial charge is 0.306 e. The number of carbonyl (C=O) groups is 1. The highest BCUT2D eigenvalue weighted by molar-refractivity contribution is 5.51. The average Bonchev–Trinajstić information content (AvgIpc) is 2.80. The summed E-state index contributed by atoms with van der Waals surface area (Å²) in [4.78, 5) is 12.8. The first-order chi connectivity index (χ1) is 6.27. The Morgan fingerprint density at radius 2 is 2.31 bits per heavy atom. The Morgan fingerprint density at radius 1 is 1.46 bits per heavy atom. The molecule has 2 rings (SSSR count). The van der Waals surface area contributed by atoms with Crippen LogP contribution < -0.4 is 0 Å². The second kappa shape index (κ2) is 3.41. The first-order valence-corrected chi connectivity index (χ1v) is 5.39. The van der Waals surface area contributed by atoms with Gasteiger partial charge in [0.2, 0.25) is 0 Å². The monoisotopic (exact) mass is 181 g/mol. The van der Waals surface area contributed by atoms with Crippen LogP contribution in [0.3, 0.4) is 0 Å². The minimum atomic E-state index is 0.589. The second-order valence-electron chi connectivity index (χ2n) is 4.82. The van der Waals surface area contributed by atoms with E-state index in [0.29, 0.717) is 5.41 Å². The van der Waals surface area contributed by atoms with Gasteiger partial charge in [-0.25, -0.2) is 0 Å². The van der Waals surface area contributed by atoms with Gasteiger partial charge in [-0.3, -0.25) is 0 Å². The van der Waals surface area contributed by atoms with Crippen molar-refractivity contribution in [3.63, 3.8) is 0 Å². The van der Waals surface area contributed by atoms with Gasteiger partial charge in [0.1, 0.15) is 6.29 Å². The van der Waals surface area contributed by atoms with Crippen LogP contribution in [-0.4, -0.2) is 31.3 Å². The Labute approximate surface area is 80.3 Å². The second-order valence-corrected chi connectivity index (χ2v) is 4.82. The molecule has 0 aromatic rings. The van der Waals surface area contributed by atoms with Crippen molar-refractivity contribution in [1.29, 1.82) is 0 Å². The Balaban J connectivity index is 1.90. The Kier molecular flexibility index (Phi) is 2.41. The van der Waals surface area contributed by atoms with Crippen LogP contribution in [0.5, 0.6) is 0 Å². The number of rotatable bonds is 2. The number of carbonyl (C=O) groups excluding carboxylic acids is 1. The summed E-state index contributed by atoms with van der Waals surface area (Å²) in [5.41, 5.74) is 0.589. The van der Waals surface area contributed by atoms with Gasteiger partial charge in [0.15, 0.2) is 0 Å². The lowest BCUT2D eigenvalue weighted by Crippen LogP contribution is -2.19. The molecule has 0 bridgehead atoms. The van der Waals surface area contributed by atoms with Crippen molar-refractivity contribution in [2.24, 2.45) is 11.3 Å². The van der Waals surface area contributed by atoms with E-state index in [1.807, 2.05) is 0 Å². The molecule has 1 saturated carbocycles. The van der Waals surface area contributed by atoms with E-state index in [1.165, 1.54) is 38.8 Å². The van der Waals surface area contributed by atoms with Crippen LogP contribution in [0.2, 0.25) is 0 Å². The summed E-state index contributed by atoms with van der Waals surface area (Å²) in [5, 5.41) is 0. The van der Waals surface area contributed by atoms with Crippen molar-refractivity contribution >= 4 is 6.29 Å². The van der Waals surface area contributed by atoms with Crippen molar-refractivity contribution in [2.45, 2.75) is 32.1 Å². The molecule has 2 fully saturated rings. The first kappa shape index (κ1) is 9.20. The first-order valence-electron chi connectivity index (χ1n) is 5.39. The van der Waals surface area contributed by atoms with Crippen LogP contribution in [0.1, 0.15) is 32.1 Å². The Bertz CT molecular complexity index is 204. The number of nitrogens with zero attached hydrogens (tertiary/aromatic N) is 1. The summed E-state index contributed by atoms with van der Waals surface area (Å²) in [6.07, 6.45) is 7.24. The molecule has 0 aromatic carbocycles. The molecule has 0 radical (unpaired) electrons. The van der Waals surface area contributed by atoms with Gasteiger partial charge in [-0.2, -0.15) is 0 Å². The molecule has 2 heteroatoms. The summed E-state index contributed by atoms with van der Waals surface area (Å²) >= 11 is 0. The van der Waals surface area contributed by atoms with E-state index in [1.54, 1.807) is 0 Å². The molecule has 1 saturated heterocycles. The van der Waals surface area contributed by atoms with E-state index < -0.39 is 0 Å². The Hall–Kier alpha value is -0.370. The van der Waals surface area contributed by atoms with Gasteiger partial charge in [0.25, 0.3) is 0 Å². The quantitative estimate of drug-likeness (QED) is 0.604. The number of hydrogen-bond donors (Lipinski definition) is 0. The fraction of sp³-hybridized carbons (Fsp3) is 0.909. The molecule has 0 amide bonds. The highest BCUT2D eigenvalue weighted by atomic mass is 16.1. The van der Waals surface area contributed by atoms with Gasteiger partial charge in [-0.1, -0.05) is 0 Å². The summed E-state index contributed by atoms with van der Waals surface area (Å²) in [7, 11) is 2.20. The van der Waals surface area contributed by atoms with Crippen molar-refractivity contribution in [3.8, 4) is 0 Å². The SMILES string of the molecule is CN1CCCC2(CC1)CC2CC=O. The predicted molar refractivity (Wildman–Crippen MR) is 52.6 cm³/mol. The molecule has 0 aromatic heterocycles. The minimum Gasteiger partial charge on any atom is -0.306 e. The van der Waals surface area contributed by atoms with Crippen LogP contribution >= 0.6 is 0 Å². The molecular formula is C11H19NO. The van der Waals surface area contributed by atoms with E-state index in [9.17, 15) is 4.79 Å². The lowest BCUT2D eigenvalue weighted by Gasteiger charge is -2.14. The van der Waals surface area contributed by atoms with Gasteiger partial charge in [0.05, 0.1) is 0 Å². The molecule has 2 unspecified atom stereocenters. The summed E-state index contributed by atoms with van der Waals surface area (Å²) in [5.74, 6) is 0.733. The molecule has 1 heterocycles. The highest BCUT2D eigenvalue weighted by Gasteiger charge is 2.52. The number of likely N-dealkylation sites (tertiary alicyclic amines) is 1. The summed E-state index contributed by atoms with van der Waals surface area (Å²) < 4.78 is 0. The number of aldehydes is 1. The lowest BCUT2D eigenvalue weighted by atomic mass is 9.93. The molecule has 13 heavy (non-hydrogen) atoms. The predicted octanol–water partition coefficient (Wildman–Crippen LogP) is 1.70. The standard InChI is InChI=1S/C11H19NO/c1-12-6-2-4-11(5-7-12)9-10(11)3-8-13/h8,10H,2-7,9H2,1H3. The van der Waals surface area contributed by atoms with E-state index in [0.717, 1.165) is 18.6 Å². The molecule has 2 atom stereocenters. The maximum Gasteiger partial charge on any atom is 0.120 e. The van der Waals surface area contributed by atoms with Gasteiger partial charge < -0.3 is 9.69 Å². The zero-order valence-corrected chi connectivity index (χ0v) is 8.46. The molecule has 1 aliphatic heterocycles. The zero-order valence-electron chi connectivity index (χ0n) is 8.46. The van der Waals surface area contributed by atoms with Crippen molar-refractivity contribution in [3.05, 3.63) is 0 Å². The van der Waals surface area contributed by atoms with Crippen molar-refractivity contribution in [1.82, 2.24) is 4.90 Å². The van der Waals surface area contributed by atoms with E-state index in [2.05, 4.69) is 11.9 Å². The maximum absolute atomic E-state index is 10.4. The molecule has 1 spiro atoms. The Morgan fingerprint density at radius 3 is 3.08 bits per heavy atom. The average molecular weight is 181 g/mol. The third-order valence-corrected chi connectivity index (χ3v) is 3.95. The number of hydrogen-bond acceptors (Lipinski definition) is 2. The van der Waals surface area contributed by atoms with Gasteiger partial charge in [-0.05, 0) is 57.2 Å². The fourth-order valence-corrected chi connectivity index (χ4v) is 2.85. The van der Waals surface area contributed by atoms with Crippen molar-refractivity contribution < 1.29 is 4.79 Å². The third kappa shape index (κ3) is 1.78. The highest BCUT2D eigenvalue weighted by Crippen LogP contribution is 2.60. The smallest absolute Gasteiger partial charge is 0.120 e. The van der Waals surface area contributed by atoms with Gasteiger partial charge in [-0.15, -0.1) is 0 Å². The van der Waals surface area contributed by atoms with Crippen LogP contribution in [0.4, 0.5) is 0 Å². The third-order valence-electron chi connectivity index (χ3n) is 3.95. The minimum absolute atomic E-state index is 0.589. The van der Waals surface area contributed by atoms with Gasteiger partial charge >= 0.3 is 0 Å². The topological polar surface area (TPSA) is 20.3 Å². The van der Waals surface area contributed by atoms with Crippen LogP contribution in [0.25, 0.3) is 0 Å². The molecule has 74 valence electrons. The molecule has 2 aliphatic rings. The van der Waals surface area contributed by atoms with Gasteiger partial charge in [0, 0.05) is 6.42 Å². The van der Waals surface area contributed by atoms with Crippen LogP contribution in [-0.2, 0) is 4.79 Å². The van der Waals surface area contributed by atoms with Crippen LogP contribution in [0, 0.1) is 11.3 Å².